The molecule has 0 spiro atoms. The summed E-state index contributed by atoms with van der Waals surface area (Å²) in [6.07, 6.45) is 2.98. The maximum atomic E-state index is 13.0. The average molecular weight is 324 g/mol. The predicted octanol–water partition coefficient (Wildman–Crippen LogP) is 4.07. The van der Waals surface area contributed by atoms with E-state index in [1.807, 2.05) is 17.9 Å². The van der Waals surface area contributed by atoms with Crippen LogP contribution in [0.25, 0.3) is 0 Å². The molecule has 4 rings (SSSR count). The summed E-state index contributed by atoms with van der Waals surface area (Å²) >= 11 is 0. The first-order chi connectivity index (χ1) is 11.5. The van der Waals surface area contributed by atoms with Crippen molar-refractivity contribution in [2.75, 3.05) is 6.54 Å². The third kappa shape index (κ3) is 2.64. The van der Waals surface area contributed by atoms with Gasteiger partial charge in [0.25, 0.3) is 0 Å². The molecule has 0 radical (unpaired) electrons. The lowest BCUT2D eigenvalue weighted by Crippen LogP contribution is -2.32. The van der Waals surface area contributed by atoms with Crippen LogP contribution in [-0.2, 0) is 4.79 Å². The van der Waals surface area contributed by atoms with Crippen LogP contribution < -0.4 is 0 Å². The van der Waals surface area contributed by atoms with E-state index in [9.17, 15) is 4.79 Å². The Hall–Kier alpha value is -2.10. The van der Waals surface area contributed by atoms with E-state index in [1.165, 1.54) is 16.7 Å². The molecule has 1 aliphatic heterocycles. The van der Waals surface area contributed by atoms with Gasteiger partial charge in [0, 0.05) is 18.5 Å². The van der Waals surface area contributed by atoms with Crippen LogP contribution in [0.15, 0.2) is 28.8 Å². The number of nitrogens with zero attached hydrogens (tertiary/aromatic N) is 2. The second kappa shape index (κ2) is 5.76. The first kappa shape index (κ1) is 15.4. The zero-order valence-electron chi connectivity index (χ0n) is 14.6. The normalized spacial score (nSPS) is 26.0. The van der Waals surface area contributed by atoms with Crippen molar-refractivity contribution in [3.63, 3.8) is 0 Å². The fourth-order valence-electron chi connectivity index (χ4n) is 3.91. The Labute approximate surface area is 142 Å². The van der Waals surface area contributed by atoms with Gasteiger partial charge in [0.15, 0.2) is 5.76 Å². The van der Waals surface area contributed by atoms with Crippen LogP contribution in [0, 0.1) is 26.7 Å². The van der Waals surface area contributed by atoms with Crippen molar-refractivity contribution >= 4 is 5.91 Å². The highest BCUT2D eigenvalue weighted by Crippen LogP contribution is 2.50. The molecule has 1 saturated heterocycles. The van der Waals surface area contributed by atoms with Crippen molar-refractivity contribution in [2.45, 2.75) is 52.0 Å². The molecule has 2 fully saturated rings. The van der Waals surface area contributed by atoms with Gasteiger partial charge in [0.2, 0.25) is 5.91 Å². The molecular formula is C20H24N2O2. The molecule has 0 bridgehead atoms. The fourth-order valence-corrected chi connectivity index (χ4v) is 3.91. The van der Waals surface area contributed by atoms with Gasteiger partial charge in [-0.1, -0.05) is 23.4 Å². The number of rotatable bonds is 3. The van der Waals surface area contributed by atoms with Gasteiger partial charge in [-0.25, -0.2) is 0 Å². The van der Waals surface area contributed by atoms with E-state index in [2.05, 4.69) is 37.2 Å². The van der Waals surface area contributed by atoms with Crippen molar-refractivity contribution < 1.29 is 9.32 Å². The molecule has 126 valence electrons. The highest BCUT2D eigenvalue weighted by molar-refractivity contribution is 5.83. The van der Waals surface area contributed by atoms with Gasteiger partial charge in [0.05, 0.1) is 11.7 Å². The second-order valence-electron chi connectivity index (χ2n) is 7.35. The van der Waals surface area contributed by atoms with Gasteiger partial charge < -0.3 is 9.42 Å². The summed E-state index contributed by atoms with van der Waals surface area (Å²) in [6, 6.07) is 8.63. The Bertz CT molecular complexity index is 780. The molecule has 4 heteroatoms. The summed E-state index contributed by atoms with van der Waals surface area (Å²) in [6.45, 7) is 7.02. The van der Waals surface area contributed by atoms with E-state index >= 15 is 0 Å². The zero-order chi connectivity index (χ0) is 16.8. The SMILES string of the molecule is Cc1cc(C2CCCN2C(=O)C2CC2c2ccc(C)c(C)c2)on1. The number of amides is 1. The van der Waals surface area contributed by atoms with Crippen LogP contribution in [0.1, 0.15) is 59.4 Å². The van der Waals surface area contributed by atoms with Gasteiger partial charge in [-0.15, -0.1) is 0 Å². The van der Waals surface area contributed by atoms with Crippen molar-refractivity contribution in [1.29, 1.82) is 0 Å². The summed E-state index contributed by atoms with van der Waals surface area (Å²) < 4.78 is 5.43. The van der Waals surface area contributed by atoms with Crippen LogP contribution in [0.3, 0.4) is 0 Å². The molecule has 4 nitrogen and oxygen atoms in total. The lowest BCUT2D eigenvalue weighted by Gasteiger charge is -2.23. The van der Waals surface area contributed by atoms with E-state index in [4.69, 9.17) is 4.52 Å². The molecule has 2 aliphatic rings. The lowest BCUT2D eigenvalue weighted by molar-refractivity contribution is -0.134. The van der Waals surface area contributed by atoms with Crippen LogP contribution in [-0.4, -0.2) is 22.5 Å². The Morgan fingerprint density at radius 2 is 2.04 bits per heavy atom. The lowest BCUT2D eigenvalue weighted by atomic mass is 10.0. The number of carbonyl (C=O) groups is 1. The molecule has 3 atom stereocenters. The van der Waals surface area contributed by atoms with E-state index < -0.39 is 0 Å². The Kier molecular flexibility index (Phi) is 3.70. The molecule has 2 heterocycles. The summed E-state index contributed by atoms with van der Waals surface area (Å²) in [5, 5.41) is 3.98. The number of likely N-dealkylation sites (tertiary alicyclic amines) is 1. The third-order valence-electron chi connectivity index (χ3n) is 5.58. The molecule has 1 aliphatic carbocycles. The number of benzene rings is 1. The molecule has 1 saturated carbocycles. The smallest absolute Gasteiger partial charge is 0.226 e. The van der Waals surface area contributed by atoms with Crippen LogP contribution in [0.4, 0.5) is 0 Å². The maximum absolute atomic E-state index is 13.0. The summed E-state index contributed by atoms with van der Waals surface area (Å²) in [5.74, 6) is 1.64. The van der Waals surface area contributed by atoms with Crippen molar-refractivity contribution in [2.24, 2.45) is 5.92 Å². The number of aryl methyl sites for hydroxylation is 3. The maximum Gasteiger partial charge on any atom is 0.226 e. The van der Waals surface area contributed by atoms with E-state index in [0.717, 1.165) is 37.3 Å². The van der Waals surface area contributed by atoms with Crippen molar-refractivity contribution in [3.05, 3.63) is 52.4 Å². The Morgan fingerprint density at radius 3 is 2.75 bits per heavy atom. The van der Waals surface area contributed by atoms with Crippen LogP contribution in [0.2, 0.25) is 0 Å². The Balaban J connectivity index is 1.49. The topological polar surface area (TPSA) is 46.3 Å². The van der Waals surface area contributed by atoms with Gasteiger partial charge in [-0.3, -0.25) is 4.79 Å². The summed E-state index contributed by atoms with van der Waals surface area (Å²) in [5.41, 5.74) is 4.80. The first-order valence-corrected chi connectivity index (χ1v) is 8.85. The standard InChI is InChI=1S/C20H24N2O2/c1-12-6-7-15(9-13(12)2)16-11-17(16)20(23)22-8-4-5-18(22)19-10-14(3)21-24-19/h6-7,9-10,16-18H,4-5,8,11H2,1-3H3. The van der Waals surface area contributed by atoms with Crippen LogP contribution in [0.5, 0.6) is 0 Å². The first-order valence-electron chi connectivity index (χ1n) is 8.85. The minimum atomic E-state index is 0.0692. The average Bonchev–Trinajstić information content (AvgIpc) is 2.99. The monoisotopic (exact) mass is 324 g/mol. The summed E-state index contributed by atoms with van der Waals surface area (Å²) in [4.78, 5) is 15.0. The number of hydrogen-bond acceptors (Lipinski definition) is 3. The highest BCUT2D eigenvalue weighted by atomic mass is 16.5. The Morgan fingerprint density at radius 1 is 1.21 bits per heavy atom. The minimum absolute atomic E-state index is 0.0692. The van der Waals surface area contributed by atoms with Crippen molar-refractivity contribution in [1.82, 2.24) is 10.1 Å². The van der Waals surface area contributed by atoms with E-state index in [1.54, 1.807) is 0 Å². The van der Waals surface area contributed by atoms with Gasteiger partial charge >= 0.3 is 0 Å². The molecule has 2 aromatic rings. The number of carbonyl (C=O) groups excluding carboxylic acids is 1. The van der Waals surface area contributed by atoms with Crippen molar-refractivity contribution in [3.8, 4) is 0 Å². The fraction of sp³-hybridized carbons (Fsp3) is 0.500. The van der Waals surface area contributed by atoms with Gasteiger partial charge in [0.1, 0.15) is 0 Å². The van der Waals surface area contributed by atoms with E-state index in [-0.39, 0.29) is 17.9 Å². The highest BCUT2D eigenvalue weighted by Gasteiger charge is 2.48. The largest absolute Gasteiger partial charge is 0.359 e. The molecule has 1 aromatic carbocycles. The molecule has 3 unspecified atom stereocenters. The molecule has 24 heavy (non-hydrogen) atoms. The number of aromatic nitrogens is 1. The van der Waals surface area contributed by atoms with Crippen LogP contribution >= 0.6 is 0 Å². The quantitative estimate of drug-likeness (QED) is 0.855. The minimum Gasteiger partial charge on any atom is -0.359 e. The third-order valence-corrected chi connectivity index (χ3v) is 5.58. The molecule has 1 aromatic heterocycles. The second-order valence-corrected chi connectivity index (χ2v) is 7.35. The predicted molar refractivity (Wildman–Crippen MR) is 91.7 cm³/mol. The zero-order valence-corrected chi connectivity index (χ0v) is 14.6. The molecule has 0 N–H and O–H groups in total. The van der Waals surface area contributed by atoms with E-state index in [0.29, 0.717) is 5.92 Å². The van der Waals surface area contributed by atoms with Gasteiger partial charge in [-0.05, 0) is 62.6 Å². The molecule has 1 amide bonds. The number of hydrogen-bond donors (Lipinski definition) is 0. The van der Waals surface area contributed by atoms with Gasteiger partial charge in [-0.2, -0.15) is 0 Å². The summed E-state index contributed by atoms with van der Waals surface area (Å²) in [7, 11) is 0. The molecular weight excluding hydrogens is 300 g/mol.